The summed E-state index contributed by atoms with van der Waals surface area (Å²) in [6, 6.07) is 15.1. The van der Waals surface area contributed by atoms with Crippen molar-refractivity contribution in [2.45, 2.75) is 13.5 Å². The van der Waals surface area contributed by atoms with Gasteiger partial charge in [0.1, 0.15) is 11.1 Å². The predicted octanol–water partition coefficient (Wildman–Crippen LogP) is 3.44. The lowest BCUT2D eigenvalue weighted by Gasteiger charge is -2.22. The quantitative estimate of drug-likeness (QED) is 0.745. The lowest BCUT2D eigenvalue weighted by molar-refractivity contribution is 0.0692. The molecule has 0 radical (unpaired) electrons. The van der Waals surface area contributed by atoms with Crippen molar-refractivity contribution in [1.82, 2.24) is 0 Å². The van der Waals surface area contributed by atoms with Crippen molar-refractivity contribution in [1.29, 1.82) is 0 Å². The lowest BCUT2D eigenvalue weighted by Crippen LogP contribution is -2.18. The van der Waals surface area contributed by atoms with Crippen LogP contribution < -0.4 is 10.5 Å². The van der Waals surface area contributed by atoms with Gasteiger partial charge in [-0.3, -0.25) is 0 Å². The van der Waals surface area contributed by atoms with Gasteiger partial charge in [0.25, 0.3) is 0 Å². The number of carboxylic acids is 1. The standard InChI is InChI=1S/C19H17NO4/c1-12-16(20(2)11-13-6-4-3-5-7-13)9-8-14-10-15(18(21)22)19(23)24-17(12)14/h3-10H,11H2,1-2H3,(H,21,22). The number of carboxylic acid groups (broad SMARTS) is 1. The first kappa shape index (κ1) is 15.8. The summed E-state index contributed by atoms with van der Waals surface area (Å²) in [4.78, 5) is 25.0. The number of aromatic carboxylic acids is 1. The highest BCUT2D eigenvalue weighted by Crippen LogP contribution is 2.28. The minimum atomic E-state index is -1.28. The van der Waals surface area contributed by atoms with Gasteiger partial charge in [0.05, 0.1) is 0 Å². The SMILES string of the molecule is Cc1c(N(C)Cc2ccccc2)ccc2cc(C(=O)O)c(=O)oc12. The number of hydrogen-bond donors (Lipinski definition) is 1. The van der Waals surface area contributed by atoms with Crippen LogP contribution in [0.1, 0.15) is 21.5 Å². The van der Waals surface area contributed by atoms with Gasteiger partial charge in [-0.15, -0.1) is 0 Å². The Hall–Kier alpha value is -3.08. The molecule has 24 heavy (non-hydrogen) atoms. The number of aryl methyl sites for hydroxylation is 1. The molecule has 0 spiro atoms. The van der Waals surface area contributed by atoms with Crippen LogP contribution in [0, 0.1) is 6.92 Å². The Morgan fingerprint density at radius 2 is 1.88 bits per heavy atom. The fourth-order valence-corrected chi connectivity index (χ4v) is 2.82. The summed E-state index contributed by atoms with van der Waals surface area (Å²) in [5, 5.41) is 9.63. The summed E-state index contributed by atoms with van der Waals surface area (Å²) < 4.78 is 5.26. The Morgan fingerprint density at radius 3 is 2.54 bits per heavy atom. The molecule has 1 N–H and O–H groups in total. The van der Waals surface area contributed by atoms with Crippen LogP contribution in [-0.2, 0) is 6.54 Å². The number of rotatable bonds is 4. The van der Waals surface area contributed by atoms with Gasteiger partial charge in [0, 0.05) is 30.2 Å². The average Bonchev–Trinajstić information content (AvgIpc) is 2.56. The van der Waals surface area contributed by atoms with E-state index in [1.54, 1.807) is 6.07 Å². The van der Waals surface area contributed by atoms with Crippen molar-refractivity contribution in [2.75, 3.05) is 11.9 Å². The summed E-state index contributed by atoms with van der Waals surface area (Å²) >= 11 is 0. The second-order valence-electron chi connectivity index (χ2n) is 5.72. The molecule has 0 atom stereocenters. The highest BCUT2D eigenvalue weighted by Gasteiger charge is 2.15. The number of hydrogen-bond acceptors (Lipinski definition) is 4. The first-order valence-electron chi connectivity index (χ1n) is 7.53. The normalized spacial score (nSPS) is 10.8. The van der Waals surface area contributed by atoms with Gasteiger partial charge < -0.3 is 14.4 Å². The largest absolute Gasteiger partial charge is 0.477 e. The number of carbonyl (C=O) groups is 1. The van der Waals surface area contributed by atoms with Gasteiger partial charge in [0.2, 0.25) is 0 Å². The number of fused-ring (bicyclic) bond motifs is 1. The van der Waals surface area contributed by atoms with Crippen LogP contribution >= 0.6 is 0 Å². The van der Waals surface area contributed by atoms with E-state index < -0.39 is 11.6 Å². The molecule has 2 aromatic carbocycles. The Labute approximate surface area is 138 Å². The maximum Gasteiger partial charge on any atom is 0.351 e. The maximum atomic E-state index is 11.8. The van der Waals surface area contributed by atoms with E-state index in [0.717, 1.165) is 11.3 Å². The minimum absolute atomic E-state index is 0.354. The molecule has 0 saturated heterocycles. The van der Waals surface area contributed by atoms with E-state index in [1.807, 2.05) is 50.4 Å². The Balaban J connectivity index is 2.04. The summed E-state index contributed by atoms with van der Waals surface area (Å²) in [6.07, 6.45) is 0. The zero-order valence-corrected chi connectivity index (χ0v) is 13.4. The van der Waals surface area contributed by atoms with E-state index in [9.17, 15) is 9.59 Å². The van der Waals surface area contributed by atoms with Crippen LogP contribution in [0.25, 0.3) is 11.0 Å². The molecule has 0 saturated carbocycles. The second-order valence-corrected chi connectivity index (χ2v) is 5.72. The monoisotopic (exact) mass is 323 g/mol. The van der Waals surface area contributed by atoms with Gasteiger partial charge in [-0.05, 0) is 30.7 Å². The molecule has 0 aliphatic carbocycles. The molecule has 1 aromatic heterocycles. The summed E-state index contributed by atoms with van der Waals surface area (Å²) in [7, 11) is 1.96. The third-order valence-electron chi connectivity index (χ3n) is 4.03. The molecule has 0 bridgehead atoms. The van der Waals surface area contributed by atoms with Gasteiger partial charge in [-0.1, -0.05) is 30.3 Å². The van der Waals surface area contributed by atoms with Crippen molar-refractivity contribution in [3.05, 3.63) is 75.6 Å². The van der Waals surface area contributed by atoms with Crippen molar-refractivity contribution in [3.63, 3.8) is 0 Å². The van der Waals surface area contributed by atoms with Crippen LogP contribution in [-0.4, -0.2) is 18.1 Å². The van der Waals surface area contributed by atoms with E-state index in [2.05, 4.69) is 4.90 Å². The van der Waals surface area contributed by atoms with E-state index in [1.165, 1.54) is 11.6 Å². The molecular weight excluding hydrogens is 306 g/mol. The smallest absolute Gasteiger partial charge is 0.351 e. The predicted molar refractivity (Wildman–Crippen MR) is 92.7 cm³/mol. The van der Waals surface area contributed by atoms with E-state index >= 15 is 0 Å². The molecular formula is C19H17NO4. The van der Waals surface area contributed by atoms with Gasteiger partial charge in [-0.25, -0.2) is 9.59 Å². The molecule has 0 fully saturated rings. The average molecular weight is 323 g/mol. The Kier molecular flexibility index (Phi) is 4.08. The Bertz CT molecular complexity index is 960. The molecule has 0 aliphatic rings. The van der Waals surface area contributed by atoms with Crippen LogP contribution in [0.5, 0.6) is 0 Å². The van der Waals surface area contributed by atoms with Crippen molar-refractivity contribution < 1.29 is 14.3 Å². The zero-order valence-electron chi connectivity index (χ0n) is 13.4. The van der Waals surface area contributed by atoms with Gasteiger partial charge >= 0.3 is 11.6 Å². The molecule has 5 nitrogen and oxygen atoms in total. The van der Waals surface area contributed by atoms with Crippen LogP contribution in [0.15, 0.2) is 57.7 Å². The fraction of sp³-hybridized carbons (Fsp3) is 0.158. The molecule has 3 rings (SSSR count). The third kappa shape index (κ3) is 2.88. The molecule has 3 aromatic rings. The van der Waals surface area contributed by atoms with Gasteiger partial charge in [0.15, 0.2) is 0 Å². The van der Waals surface area contributed by atoms with Crippen LogP contribution in [0.3, 0.4) is 0 Å². The second kappa shape index (κ2) is 6.20. The summed E-state index contributed by atoms with van der Waals surface area (Å²) in [5.74, 6) is -1.28. The van der Waals surface area contributed by atoms with Crippen molar-refractivity contribution in [3.8, 4) is 0 Å². The summed E-state index contributed by atoms with van der Waals surface area (Å²) in [5.41, 5.74) is 2.13. The highest BCUT2D eigenvalue weighted by atomic mass is 16.4. The Morgan fingerprint density at radius 1 is 1.17 bits per heavy atom. The molecule has 1 heterocycles. The van der Waals surface area contributed by atoms with Crippen molar-refractivity contribution in [2.24, 2.45) is 0 Å². The topological polar surface area (TPSA) is 70.8 Å². The fourth-order valence-electron chi connectivity index (χ4n) is 2.82. The first-order chi connectivity index (χ1) is 11.5. The van der Waals surface area contributed by atoms with E-state index in [-0.39, 0.29) is 5.56 Å². The minimum Gasteiger partial charge on any atom is -0.477 e. The van der Waals surface area contributed by atoms with E-state index in [4.69, 9.17) is 9.52 Å². The van der Waals surface area contributed by atoms with Crippen molar-refractivity contribution >= 4 is 22.6 Å². The molecule has 122 valence electrons. The molecule has 0 unspecified atom stereocenters. The highest BCUT2D eigenvalue weighted by molar-refractivity contribution is 5.93. The van der Waals surface area contributed by atoms with Crippen LogP contribution in [0.2, 0.25) is 0 Å². The maximum absolute atomic E-state index is 11.8. The van der Waals surface area contributed by atoms with E-state index in [0.29, 0.717) is 17.5 Å². The molecule has 0 amide bonds. The number of nitrogens with zero attached hydrogens (tertiary/aromatic N) is 1. The van der Waals surface area contributed by atoms with Crippen LogP contribution in [0.4, 0.5) is 5.69 Å². The molecule has 0 aliphatic heterocycles. The first-order valence-corrected chi connectivity index (χ1v) is 7.53. The third-order valence-corrected chi connectivity index (χ3v) is 4.03. The molecule has 5 heteroatoms. The van der Waals surface area contributed by atoms with Gasteiger partial charge in [-0.2, -0.15) is 0 Å². The lowest BCUT2D eigenvalue weighted by atomic mass is 10.1. The summed E-state index contributed by atoms with van der Waals surface area (Å²) in [6.45, 7) is 2.58. The zero-order chi connectivity index (χ0) is 17.3. The number of benzene rings is 2. The number of anilines is 1.